The normalized spacial score (nSPS) is 15.3. The molecule has 1 fully saturated rings. The fourth-order valence-corrected chi connectivity index (χ4v) is 2.55. The lowest BCUT2D eigenvalue weighted by atomic mass is 10.2. The predicted molar refractivity (Wildman–Crippen MR) is 80.6 cm³/mol. The first-order valence-corrected chi connectivity index (χ1v) is 7.16. The molecular weight excluding hydrogens is 290 g/mol. The zero-order valence-corrected chi connectivity index (χ0v) is 12.5. The SMILES string of the molecule is Cn1ccnc1N1CCN(C(=O)c2ccc(Cl)cn2)CC1. The Labute approximate surface area is 128 Å². The molecule has 7 heteroatoms. The van der Waals surface area contributed by atoms with E-state index in [1.54, 1.807) is 18.3 Å². The van der Waals surface area contributed by atoms with Gasteiger partial charge in [-0.15, -0.1) is 0 Å². The summed E-state index contributed by atoms with van der Waals surface area (Å²) in [6.45, 7) is 2.86. The third kappa shape index (κ3) is 2.85. The number of anilines is 1. The van der Waals surface area contributed by atoms with Crippen LogP contribution in [0, 0.1) is 0 Å². The average molecular weight is 306 g/mol. The molecule has 110 valence electrons. The summed E-state index contributed by atoms with van der Waals surface area (Å²) in [4.78, 5) is 24.8. The van der Waals surface area contributed by atoms with Gasteiger partial charge in [0.2, 0.25) is 5.95 Å². The molecule has 3 rings (SSSR count). The van der Waals surface area contributed by atoms with Crippen molar-refractivity contribution in [1.29, 1.82) is 0 Å². The lowest BCUT2D eigenvalue weighted by Gasteiger charge is -2.35. The molecule has 0 aromatic carbocycles. The smallest absolute Gasteiger partial charge is 0.272 e. The second-order valence-corrected chi connectivity index (χ2v) is 5.42. The number of aryl methyl sites for hydroxylation is 1. The summed E-state index contributed by atoms with van der Waals surface area (Å²) in [5.74, 6) is 0.887. The Bertz CT molecular complexity index is 631. The zero-order valence-electron chi connectivity index (χ0n) is 11.7. The van der Waals surface area contributed by atoms with Crippen LogP contribution in [0.25, 0.3) is 0 Å². The maximum Gasteiger partial charge on any atom is 0.272 e. The monoisotopic (exact) mass is 305 g/mol. The second kappa shape index (κ2) is 5.73. The van der Waals surface area contributed by atoms with Crippen LogP contribution in [0.4, 0.5) is 5.95 Å². The van der Waals surface area contributed by atoms with Crippen molar-refractivity contribution in [3.8, 4) is 0 Å². The molecule has 21 heavy (non-hydrogen) atoms. The van der Waals surface area contributed by atoms with E-state index in [1.807, 2.05) is 22.7 Å². The predicted octanol–water partition coefficient (Wildman–Crippen LogP) is 1.43. The second-order valence-electron chi connectivity index (χ2n) is 4.98. The van der Waals surface area contributed by atoms with Crippen LogP contribution in [-0.2, 0) is 7.05 Å². The largest absolute Gasteiger partial charge is 0.339 e. The summed E-state index contributed by atoms with van der Waals surface area (Å²) in [6, 6.07) is 3.35. The first-order valence-electron chi connectivity index (χ1n) is 6.78. The van der Waals surface area contributed by atoms with Crippen LogP contribution in [0.3, 0.4) is 0 Å². The molecule has 1 aliphatic heterocycles. The Morgan fingerprint density at radius 2 is 1.95 bits per heavy atom. The van der Waals surface area contributed by atoms with Gasteiger partial charge in [0.05, 0.1) is 5.02 Å². The van der Waals surface area contributed by atoms with Crippen molar-refractivity contribution >= 4 is 23.5 Å². The molecule has 0 atom stereocenters. The Hall–Kier alpha value is -2.08. The zero-order chi connectivity index (χ0) is 14.8. The van der Waals surface area contributed by atoms with Gasteiger partial charge in [0.1, 0.15) is 5.69 Å². The molecule has 0 saturated carbocycles. The highest BCUT2D eigenvalue weighted by Crippen LogP contribution is 2.15. The van der Waals surface area contributed by atoms with Crippen LogP contribution in [0.5, 0.6) is 0 Å². The Morgan fingerprint density at radius 3 is 2.52 bits per heavy atom. The number of carbonyl (C=O) groups excluding carboxylic acids is 1. The number of piperazine rings is 1. The minimum atomic E-state index is -0.0499. The quantitative estimate of drug-likeness (QED) is 0.842. The number of halogens is 1. The molecule has 1 amide bonds. The Kier molecular flexibility index (Phi) is 3.79. The van der Waals surface area contributed by atoms with Crippen molar-refractivity contribution in [2.24, 2.45) is 7.05 Å². The van der Waals surface area contributed by atoms with E-state index >= 15 is 0 Å². The van der Waals surface area contributed by atoms with Gasteiger partial charge < -0.3 is 14.4 Å². The maximum absolute atomic E-state index is 12.4. The molecule has 1 saturated heterocycles. The molecule has 3 heterocycles. The van der Waals surface area contributed by atoms with E-state index in [-0.39, 0.29) is 5.91 Å². The highest BCUT2D eigenvalue weighted by molar-refractivity contribution is 6.30. The van der Waals surface area contributed by atoms with E-state index in [1.165, 1.54) is 6.20 Å². The van der Waals surface area contributed by atoms with E-state index < -0.39 is 0 Å². The van der Waals surface area contributed by atoms with E-state index in [0.717, 1.165) is 19.0 Å². The fraction of sp³-hybridized carbons (Fsp3) is 0.357. The van der Waals surface area contributed by atoms with Crippen LogP contribution in [-0.4, -0.2) is 51.5 Å². The first kappa shape index (κ1) is 13.9. The molecule has 0 spiro atoms. The molecule has 0 unspecified atom stereocenters. The number of carbonyl (C=O) groups is 1. The average Bonchev–Trinajstić information content (AvgIpc) is 2.94. The molecule has 2 aromatic rings. The van der Waals surface area contributed by atoms with Crippen molar-refractivity contribution in [2.75, 3.05) is 31.1 Å². The van der Waals surface area contributed by atoms with Crippen molar-refractivity contribution in [3.05, 3.63) is 41.4 Å². The van der Waals surface area contributed by atoms with Crippen molar-refractivity contribution in [1.82, 2.24) is 19.4 Å². The molecule has 6 nitrogen and oxygen atoms in total. The number of rotatable bonds is 2. The third-order valence-corrected chi connectivity index (χ3v) is 3.82. The van der Waals surface area contributed by atoms with Crippen LogP contribution >= 0.6 is 11.6 Å². The van der Waals surface area contributed by atoms with Crippen LogP contribution in [0.2, 0.25) is 5.02 Å². The van der Waals surface area contributed by atoms with Gasteiger partial charge in [0, 0.05) is 51.8 Å². The first-order chi connectivity index (χ1) is 10.1. The topological polar surface area (TPSA) is 54.3 Å². The highest BCUT2D eigenvalue weighted by atomic mass is 35.5. The standard InChI is InChI=1S/C14H16ClN5O/c1-18-5-4-16-14(18)20-8-6-19(7-9-20)13(21)12-3-2-11(15)10-17-12/h2-5,10H,6-9H2,1H3. The van der Waals surface area contributed by atoms with Crippen LogP contribution in [0.15, 0.2) is 30.7 Å². The Morgan fingerprint density at radius 1 is 1.19 bits per heavy atom. The van der Waals surface area contributed by atoms with E-state index in [0.29, 0.717) is 23.8 Å². The van der Waals surface area contributed by atoms with Crippen molar-refractivity contribution in [3.63, 3.8) is 0 Å². The van der Waals surface area contributed by atoms with E-state index in [9.17, 15) is 4.79 Å². The lowest BCUT2D eigenvalue weighted by molar-refractivity contribution is 0.0740. The molecule has 0 radical (unpaired) electrons. The summed E-state index contributed by atoms with van der Waals surface area (Å²) in [7, 11) is 1.97. The van der Waals surface area contributed by atoms with Gasteiger partial charge in [-0.1, -0.05) is 11.6 Å². The minimum absolute atomic E-state index is 0.0499. The molecule has 0 N–H and O–H groups in total. The summed E-state index contributed by atoms with van der Waals surface area (Å²) in [5, 5.41) is 0.533. The summed E-state index contributed by atoms with van der Waals surface area (Å²) in [6.07, 6.45) is 5.20. The number of imidazole rings is 1. The van der Waals surface area contributed by atoms with Crippen molar-refractivity contribution in [2.45, 2.75) is 0 Å². The molecule has 0 bridgehead atoms. The number of hydrogen-bond donors (Lipinski definition) is 0. The molecule has 0 aliphatic carbocycles. The summed E-state index contributed by atoms with van der Waals surface area (Å²) < 4.78 is 1.98. The number of aromatic nitrogens is 3. The number of nitrogens with zero attached hydrogens (tertiary/aromatic N) is 5. The summed E-state index contributed by atoms with van der Waals surface area (Å²) >= 11 is 5.79. The molecule has 2 aromatic heterocycles. The van der Waals surface area contributed by atoms with Gasteiger partial charge in [-0.3, -0.25) is 4.79 Å². The van der Waals surface area contributed by atoms with Gasteiger partial charge in [-0.2, -0.15) is 0 Å². The van der Waals surface area contributed by atoms with Gasteiger partial charge in [-0.05, 0) is 12.1 Å². The van der Waals surface area contributed by atoms with E-state index in [2.05, 4.69) is 14.9 Å². The molecule has 1 aliphatic rings. The lowest BCUT2D eigenvalue weighted by Crippen LogP contribution is -2.49. The van der Waals surface area contributed by atoms with Crippen molar-refractivity contribution < 1.29 is 4.79 Å². The van der Waals surface area contributed by atoms with Gasteiger partial charge in [0.15, 0.2) is 0 Å². The third-order valence-electron chi connectivity index (χ3n) is 3.59. The number of hydrogen-bond acceptors (Lipinski definition) is 4. The van der Waals surface area contributed by atoms with E-state index in [4.69, 9.17) is 11.6 Å². The van der Waals surface area contributed by atoms with Gasteiger partial charge in [-0.25, -0.2) is 9.97 Å². The van der Waals surface area contributed by atoms with Crippen LogP contribution in [0.1, 0.15) is 10.5 Å². The number of amides is 1. The van der Waals surface area contributed by atoms with Gasteiger partial charge >= 0.3 is 0 Å². The fourth-order valence-electron chi connectivity index (χ4n) is 2.44. The Balaban J connectivity index is 1.64. The summed E-state index contributed by atoms with van der Waals surface area (Å²) in [5.41, 5.74) is 0.435. The van der Waals surface area contributed by atoms with Gasteiger partial charge in [0.25, 0.3) is 5.91 Å². The minimum Gasteiger partial charge on any atom is -0.339 e. The molecular formula is C14H16ClN5O. The number of pyridine rings is 1. The van der Waals surface area contributed by atoms with Crippen LogP contribution < -0.4 is 4.90 Å². The maximum atomic E-state index is 12.4. The highest BCUT2D eigenvalue weighted by Gasteiger charge is 2.24.